The highest BCUT2D eigenvalue weighted by Crippen LogP contribution is 2.10. The van der Waals surface area contributed by atoms with Crippen LogP contribution in [0.1, 0.15) is 27.7 Å². The lowest BCUT2D eigenvalue weighted by Gasteiger charge is -2.39. The van der Waals surface area contributed by atoms with Crippen LogP contribution in [0.15, 0.2) is 0 Å². The Morgan fingerprint density at radius 2 is 1.80 bits per heavy atom. The van der Waals surface area contributed by atoms with Crippen molar-refractivity contribution in [2.45, 2.75) is 45.8 Å². The predicted molar refractivity (Wildman–Crippen MR) is 61.5 cm³/mol. The van der Waals surface area contributed by atoms with Crippen molar-refractivity contribution >= 4 is 5.91 Å². The van der Waals surface area contributed by atoms with Crippen molar-refractivity contribution in [1.82, 2.24) is 9.80 Å². The van der Waals surface area contributed by atoms with Crippen LogP contribution in [0.3, 0.4) is 0 Å². The number of hydrogen-bond acceptors (Lipinski definition) is 3. The average molecular weight is 213 g/mol. The molecule has 0 aliphatic carbocycles. The van der Waals surface area contributed by atoms with Gasteiger partial charge in [-0.1, -0.05) is 0 Å². The van der Waals surface area contributed by atoms with Crippen LogP contribution in [0, 0.1) is 0 Å². The summed E-state index contributed by atoms with van der Waals surface area (Å²) in [5, 5.41) is 0. The van der Waals surface area contributed by atoms with Crippen LogP contribution in [0.2, 0.25) is 0 Å². The molecule has 0 bridgehead atoms. The summed E-state index contributed by atoms with van der Waals surface area (Å²) in [7, 11) is 0. The number of nitrogens with zero attached hydrogens (tertiary/aromatic N) is 2. The normalized spacial score (nSPS) is 18.3. The maximum absolute atomic E-state index is 12.0. The molecule has 0 saturated carbocycles. The van der Waals surface area contributed by atoms with Gasteiger partial charge in [0.25, 0.3) is 0 Å². The molecule has 1 aliphatic heterocycles. The first-order valence-electron chi connectivity index (χ1n) is 5.71. The van der Waals surface area contributed by atoms with E-state index in [4.69, 9.17) is 5.73 Å². The van der Waals surface area contributed by atoms with Crippen molar-refractivity contribution in [2.75, 3.05) is 19.6 Å². The number of carbonyl (C=O) groups excluding carboxylic acids is 1. The van der Waals surface area contributed by atoms with E-state index in [-0.39, 0.29) is 24.0 Å². The molecule has 0 atom stereocenters. The van der Waals surface area contributed by atoms with Gasteiger partial charge in [-0.05, 0) is 27.7 Å². The second kappa shape index (κ2) is 4.94. The average Bonchev–Trinajstić information content (AvgIpc) is 1.99. The molecule has 1 fully saturated rings. The van der Waals surface area contributed by atoms with Crippen molar-refractivity contribution in [2.24, 2.45) is 5.73 Å². The third-order valence-electron chi connectivity index (χ3n) is 2.74. The molecular weight excluding hydrogens is 190 g/mol. The third-order valence-corrected chi connectivity index (χ3v) is 2.74. The van der Waals surface area contributed by atoms with Crippen molar-refractivity contribution in [1.29, 1.82) is 0 Å². The van der Waals surface area contributed by atoms with Gasteiger partial charge in [-0.3, -0.25) is 9.69 Å². The summed E-state index contributed by atoms with van der Waals surface area (Å²) in [6, 6.07) is 0.809. The van der Waals surface area contributed by atoms with Gasteiger partial charge in [0.2, 0.25) is 5.91 Å². The first-order chi connectivity index (χ1) is 6.91. The Balaban J connectivity index is 2.43. The Morgan fingerprint density at radius 1 is 1.33 bits per heavy atom. The zero-order valence-corrected chi connectivity index (χ0v) is 10.2. The summed E-state index contributed by atoms with van der Waals surface area (Å²) in [5.41, 5.74) is 5.67. The fourth-order valence-electron chi connectivity index (χ4n) is 2.18. The monoisotopic (exact) mass is 213 g/mol. The minimum Gasteiger partial charge on any atom is -0.337 e. The van der Waals surface area contributed by atoms with Crippen LogP contribution in [-0.4, -0.2) is 53.5 Å². The molecule has 1 rings (SSSR count). The second-order valence-electron chi connectivity index (χ2n) is 4.94. The molecule has 1 amide bonds. The Hall–Kier alpha value is -0.610. The molecular formula is C11H23N3O. The van der Waals surface area contributed by atoms with Crippen molar-refractivity contribution in [3.63, 3.8) is 0 Å². The fraction of sp³-hybridized carbons (Fsp3) is 0.909. The smallest absolute Gasteiger partial charge is 0.237 e. The molecule has 15 heavy (non-hydrogen) atoms. The van der Waals surface area contributed by atoms with E-state index < -0.39 is 0 Å². The van der Waals surface area contributed by atoms with E-state index in [1.165, 1.54) is 0 Å². The highest BCUT2D eigenvalue weighted by atomic mass is 16.2. The van der Waals surface area contributed by atoms with Gasteiger partial charge in [-0.2, -0.15) is 0 Å². The van der Waals surface area contributed by atoms with Crippen LogP contribution in [0.25, 0.3) is 0 Å². The first kappa shape index (κ1) is 12.5. The van der Waals surface area contributed by atoms with Gasteiger partial charge in [0.15, 0.2) is 0 Å². The molecule has 4 heteroatoms. The topological polar surface area (TPSA) is 49.6 Å². The van der Waals surface area contributed by atoms with E-state index in [1.807, 2.05) is 4.90 Å². The minimum absolute atomic E-state index is 0.215. The van der Waals surface area contributed by atoms with Crippen LogP contribution < -0.4 is 5.73 Å². The molecule has 0 aromatic rings. The van der Waals surface area contributed by atoms with Gasteiger partial charge < -0.3 is 10.6 Å². The van der Waals surface area contributed by atoms with E-state index in [1.54, 1.807) is 0 Å². The van der Waals surface area contributed by atoms with Crippen LogP contribution in [0.4, 0.5) is 0 Å². The molecule has 1 aliphatic rings. The Bertz CT molecular complexity index is 214. The number of likely N-dealkylation sites (tertiary alicyclic amines) is 1. The number of hydrogen-bond donors (Lipinski definition) is 1. The zero-order chi connectivity index (χ0) is 11.6. The molecule has 0 aromatic carbocycles. The van der Waals surface area contributed by atoms with Gasteiger partial charge in [0.05, 0.1) is 6.54 Å². The van der Waals surface area contributed by atoms with Gasteiger partial charge in [0, 0.05) is 31.2 Å². The highest BCUT2D eigenvalue weighted by Gasteiger charge is 2.28. The quantitative estimate of drug-likeness (QED) is 0.729. The molecule has 2 N–H and O–H groups in total. The Kier molecular flexibility index (Phi) is 4.11. The maximum Gasteiger partial charge on any atom is 0.237 e. The van der Waals surface area contributed by atoms with Crippen molar-refractivity contribution in [3.05, 3.63) is 0 Å². The second-order valence-corrected chi connectivity index (χ2v) is 4.94. The first-order valence-corrected chi connectivity index (χ1v) is 5.71. The standard InChI is InChI=1S/C11H23N3O/c1-8(2)14(9(3)4)11(15)7-13-5-10(12)6-13/h8-10H,5-7,12H2,1-4H3. The lowest BCUT2D eigenvalue weighted by Crippen LogP contribution is -2.59. The van der Waals surface area contributed by atoms with Crippen LogP contribution >= 0.6 is 0 Å². The molecule has 88 valence electrons. The van der Waals surface area contributed by atoms with E-state index in [9.17, 15) is 4.79 Å². The molecule has 0 unspecified atom stereocenters. The van der Waals surface area contributed by atoms with Gasteiger partial charge in [-0.25, -0.2) is 0 Å². The number of amides is 1. The Labute approximate surface area is 92.4 Å². The van der Waals surface area contributed by atoms with Crippen LogP contribution in [0.5, 0.6) is 0 Å². The summed E-state index contributed by atoms with van der Waals surface area (Å²) in [5.74, 6) is 0.215. The van der Waals surface area contributed by atoms with Crippen LogP contribution in [-0.2, 0) is 4.79 Å². The van der Waals surface area contributed by atoms with Crippen molar-refractivity contribution in [3.8, 4) is 0 Å². The van der Waals surface area contributed by atoms with Gasteiger partial charge in [-0.15, -0.1) is 0 Å². The largest absolute Gasteiger partial charge is 0.337 e. The molecule has 0 spiro atoms. The lowest BCUT2D eigenvalue weighted by atomic mass is 10.1. The third kappa shape index (κ3) is 3.18. The maximum atomic E-state index is 12.0. The summed E-state index contributed by atoms with van der Waals surface area (Å²) in [4.78, 5) is 16.0. The van der Waals surface area contributed by atoms with E-state index in [0.29, 0.717) is 6.54 Å². The van der Waals surface area contributed by atoms with E-state index >= 15 is 0 Å². The highest BCUT2D eigenvalue weighted by molar-refractivity contribution is 5.79. The van der Waals surface area contributed by atoms with E-state index in [2.05, 4.69) is 32.6 Å². The van der Waals surface area contributed by atoms with Gasteiger partial charge >= 0.3 is 0 Å². The SMILES string of the molecule is CC(C)N(C(=O)CN1CC(N)C1)C(C)C. The molecule has 0 aromatic heterocycles. The summed E-state index contributed by atoms with van der Waals surface area (Å²) < 4.78 is 0. The fourth-order valence-corrected chi connectivity index (χ4v) is 2.18. The molecule has 1 heterocycles. The summed E-state index contributed by atoms with van der Waals surface area (Å²) in [6.45, 7) is 10.5. The van der Waals surface area contributed by atoms with Gasteiger partial charge in [0.1, 0.15) is 0 Å². The minimum atomic E-state index is 0.215. The zero-order valence-electron chi connectivity index (χ0n) is 10.2. The van der Waals surface area contributed by atoms with Crippen molar-refractivity contribution < 1.29 is 4.79 Å². The molecule has 1 saturated heterocycles. The molecule has 4 nitrogen and oxygen atoms in total. The van der Waals surface area contributed by atoms with E-state index in [0.717, 1.165) is 13.1 Å². The summed E-state index contributed by atoms with van der Waals surface area (Å²) >= 11 is 0. The Morgan fingerprint density at radius 3 is 2.13 bits per heavy atom. The predicted octanol–water partition coefficient (Wildman–Crippen LogP) is 0.275. The number of carbonyl (C=O) groups is 1. The number of rotatable bonds is 4. The molecule has 0 radical (unpaired) electrons. The summed E-state index contributed by atoms with van der Waals surface area (Å²) in [6.07, 6.45) is 0. The number of nitrogens with two attached hydrogens (primary N) is 1. The lowest BCUT2D eigenvalue weighted by molar-refractivity contribution is -0.137.